The zero-order valence-electron chi connectivity index (χ0n) is 27.6. The number of sulfonamides is 1. The van der Waals surface area contributed by atoms with Gasteiger partial charge >= 0.3 is 6.03 Å². The Morgan fingerprint density at radius 3 is 2.53 bits per heavy atom. The van der Waals surface area contributed by atoms with E-state index in [1.807, 2.05) is 32.0 Å². The van der Waals surface area contributed by atoms with Crippen LogP contribution in [0.15, 0.2) is 66.1 Å². The number of aliphatic hydroxyl groups excluding tert-OH is 1. The Labute approximate surface area is 276 Å². The minimum atomic E-state index is -3.88. The van der Waals surface area contributed by atoms with Gasteiger partial charge in [-0.05, 0) is 63.4 Å². The predicted molar refractivity (Wildman–Crippen MR) is 179 cm³/mol. The Morgan fingerprint density at radius 2 is 1.85 bits per heavy atom. The monoisotopic (exact) mass is 670 g/mol. The Kier molecular flexibility index (Phi) is 12.4. The molecule has 1 aliphatic heterocycles. The third-order valence-corrected chi connectivity index (χ3v) is 9.84. The highest BCUT2D eigenvalue weighted by Crippen LogP contribution is 2.29. The van der Waals surface area contributed by atoms with E-state index >= 15 is 0 Å². The largest absolute Gasteiger partial charge is 0.490 e. The van der Waals surface area contributed by atoms with Crippen LogP contribution in [0.25, 0.3) is 0 Å². The number of amides is 3. The van der Waals surface area contributed by atoms with Gasteiger partial charge in [-0.15, -0.1) is 0 Å². The van der Waals surface area contributed by atoms with Crippen LogP contribution in [0.5, 0.6) is 5.75 Å². The van der Waals surface area contributed by atoms with Gasteiger partial charge in [0.25, 0.3) is 15.9 Å². The van der Waals surface area contributed by atoms with Crippen LogP contribution in [0.4, 0.5) is 16.2 Å². The van der Waals surface area contributed by atoms with Gasteiger partial charge in [0.2, 0.25) is 0 Å². The second kappa shape index (κ2) is 16.2. The summed E-state index contributed by atoms with van der Waals surface area (Å²) in [6.45, 7) is 5.85. The number of nitrogens with zero attached hydrogens (tertiary/aromatic N) is 4. The maximum absolute atomic E-state index is 14.3. The van der Waals surface area contributed by atoms with Crippen LogP contribution in [-0.2, 0) is 21.8 Å². The average Bonchev–Trinajstić information content (AvgIpc) is 3.49. The number of ether oxygens (including phenoxy) is 2. The number of hydrogen-bond acceptors (Lipinski definition) is 8. The first-order chi connectivity index (χ1) is 22.4. The van der Waals surface area contributed by atoms with Crippen molar-refractivity contribution in [3.63, 3.8) is 0 Å². The topological polar surface area (TPSA) is 155 Å². The van der Waals surface area contributed by atoms with E-state index in [1.165, 1.54) is 23.9 Å². The van der Waals surface area contributed by atoms with Crippen molar-refractivity contribution in [2.24, 2.45) is 13.0 Å². The molecule has 0 radical (unpaired) electrons. The lowest BCUT2D eigenvalue weighted by atomic mass is 10.0. The number of aryl methyl sites for hydroxylation is 1. The smallest absolute Gasteiger partial charge is 0.323 e. The summed E-state index contributed by atoms with van der Waals surface area (Å²) in [5.41, 5.74) is 1.23. The lowest BCUT2D eigenvalue weighted by molar-refractivity contribution is -0.00835. The molecule has 1 aliphatic rings. The van der Waals surface area contributed by atoms with E-state index in [-0.39, 0.29) is 42.3 Å². The number of imidazole rings is 1. The molecule has 1 aromatic heterocycles. The van der Waals surface area contributed by atoms with Crippen LogP contribution in [0.2, 0.25) is 0 Å². The number of anilines is 2. The maximum Gasteiger partial charge on any atom is 0.323 e. The molecule has 0 saturated carbocycles. The first kappa shape index (κ1) is 35.9. The minimum absolute atomic E-state index is 0.0380. The molecule has 0 fully saturated rings. The van der Waals surface area contributed by atoms with Crippen molar-refractivity contribution in [1.82, 2.24) is 18.8 Å². The molecule has 256 valence electrons. The molecule has 4 rings (SSSR count). The van der Waals surface area contributed by atoms with Gasteiger partial charge in [-0.2, -0.15) is 4.31 Å². The molecule has 4 atom stereocenters. The standard InChI is InChI=1S/C33H46N6O7S/c1-23-18-39(24(2)21-40)32(41)28-17-27(36-33(42)35-26-12-7-6-8-13-26)14-15-29(28)46-25(3)11-9-10-16-45-30(23)19-38(5)47(43,44)31-20-37(4)22-34-31/h6-8,12-15,17,20,22-25,30,40H,9-11,16,18-19,21H2,1-5H3,(H2,35,36,42)/t23-,24+,25-,30+/m0/s1. The number of fused-ring (bicyclic) bond motifs is 1. The van der Waals surface area contributed by atoms with Gasteiger partial charge in [0, 0.05) is 57.3 Å². The van der Waals surface area contributed by atoms with E-state index in [1.54, 1.807) is 53.8 Å². The van der Waals surface area contributed by atoms with Gasteiger partial charge < -0.3 is 34.7 Å². The van der Waals surface area contributed by atoms with Crippen LogP contribution < -0.4 is 15.4 Å². The summed E-state index contributed by atoms with van der Waals surface area (Å²) in [6.07, 6.45) is 4.31. The number of urea groups is 1. The third kappa shape index (κ3) is 9.53. The molecular formula is C33H46N6O7S. The Hall–Kier alpha value is -3.98. The summed E-state index contributed by atoms with van der Waals surface area (Å²) < 4.78 is 41.9. The number of nitrogens with one attached hydrogen (secondary N) is 2. The van der Waals surface area contributed by atoms with Crippen molar-refractivity contribution in [1.29, 1.82) is 0 Å². The zero-order valence-corrected chi connectivity index (χ0v) is 28.4. The highest BCUT2D eigenvalue weighted by molar-refractivity contribution is 7.89. The van der Waals surface area contributed by atoms with E-state index in [4.69, 9.17) is 9.47 Å². The third-order valence-electron chi connectivity index (χ3n) is 8.13. The van der Waals surface area contributed by atoms with Crippen LogP contribution in [0, 0.1) is 5.92 Å². The highest BCUT2D eigenvalue weighted by Gasteiger charge is 2.33. The molecule has 13 nitrogen and oxygen atoms in total. The molecule has 0 bridgehead atoms. The molecule has 2 aromatic carbocycles. The van der Waals surface area contributed by atoms with Gasteiger partial charge in [-0.25, -0.2) is 18.2 Å². The summed E-state index contributed by atoms with van der Waals surface area (Å²) in [5.74, 6) is -0.373. The number of benzene rings is 2. The van der Waals surface area contributed by atoms with Gasteiger partial charge in [-0.1, -0.05) is 25.1 Å². The molecule has 0 saturated heterocycles. The second-order valence-electron chi connectivity index (χ2n) is 12.1. The Morgan fingerprint density at radius 1 is 1.13 bits per heavy atom. The Balaban J connectivity index is 1.62. The van der Waals surface area contributed by atoms with Gasteiger partial charge in [-0.3, -0.25) is 4.79 Å². The van der Waals surface area contributed by atoms with Crippen molar-refractivity contribution in [3.05, 3.63) is 66.6 Å². The van der Waals surface area contributed by atoms with E-state index in [0.717, 1.165) is 12.8 Å². The fourth-order valence-electron chi connectivity index (χ4n) is 5.31. The summed E-state index contributed by atoms with van der Waals surface area (Å²) in [4.78, 5) is 32.6. The lowest BCUT2D eigenvalue weighted by Crippen LogP contribution is -2.48. The van der Waals surface area contributed by atoms with E-state index < -0.39 is 34.1 Å². The highest BCUT2D eigenvalue weighted by atomic mass is 32.2. The van der Waals surface area contributed by atoms with Crippen molar-refractivity contribution >= 4 is 33.3 Å². The van der Waals surface area contributed by atoms with Crippen LogP contribution in [-0.4, -0.2) is 95.8 Å². The van der Waals surface area contributed by atoms with Crippen molar-refractivity contribution in [2.45, 2.75) is 63.3 Å². The first-order valence-electron chi connectivity index (χ1n) is 15.8. The molecule has 47 heavy (non-hydrogen) atoms. The van der Waals surface area contributed by atoms with Crippen molar-refractivity contribution < 1.29 is 32.6 Å². The molecule has 2 heterocycles. The van der Waals surface area contributed by atoms with Crippen LogP contribution >= 0.6 is 0 Å². The van der Waals surface area contributed by atoms with Crippen molar-refractivity contribution in [2.75, 3.05) is 44.0 Å². The van der Waals surface area contributed by atoms with Gasteiger partial charge in [0.15, 0.2) is 5.03 Å². The molecule has 3 amide bonds. The summed E-state index contributed by atoms with van der Waals surface area (Å²) in [7, 11) is -0.696. The molecule has 0 aliphatic carbocycles. The number of para-hydroxylation sites is 1. The molecule has 0 unspecified atom stereocenters. The van der Waals surface area contributed by atoms with Gasteiger partial charge in [0.1, 0.15) is 5.75 Å². The van der Waals surface area contributed by atoms with E-state index in [0.29, 0.717) is 30.2 Å². The quantitative estimate of drug-likeness (QED) is 0.323. The molecule has 3 N–H and O–H groups in total. The number of aromatic nitrogens is 2. The summed E-state index contributed by atoms with van der Waals surface area (Å²) in [5, 5.41) is 15.7. The first-order valence-corrected chi connectivity index (χ1v) is 17.2. The lowest BCUT2D eigenvalue weighted by Gasteiger charge is -2.35. The summed E-state index contributed by atoms with van der Waals surface area (Å²) in [6, 6.07) is 12.9. The molecule has 14 heteroatoms. The fourth-order valence-corrected chi connectivity index (χ4v) is 6.45. The number of rotatable bonds is 8. The summed E-state index contributed by atoms with van der Waals surface area (Å²) >= 11 is 0. The Bertz CT molecular complexity index is 1600. The average molecular weight is 671 g/mol. The number of aliphatic hydroxyl groups is 1. The fraction of sp³-hybridized carbons (Fsp3) is 0.485. The second-order valence-corrected chi connectivity index (χ2v) is 14.1. The molecule has 3 aromatic rings. The van der Waals surface area contributed by atoms with E-state index in [9.17, 15) is 23.1 Å². The van der Waals surface area contributed by atoms with Gasteiger partial charge in [0.05, 0.1) is 36.7 Å². The maximum atomic E-state index is 14.3. The van der Waals surface area contributed by atoms with Crippen LogP contribution in [0.3, 0.4) is 0 Å². The molecule has 0 spiro atoms. The number of hydrogen-bond donors (Lipinski definition) is 3. The number of likely N-dealkylation sites (N-methyl/N-ethyl adjacent to an activating group) is 1. The number of carbonyl (C=O) groups is 2. The molecular weight excluding hydrogens is 624 g/mol. The van der Waals surface area contributed by atoms with Crippen molar-refractivity contribution in [3.8, 4) is 5.75 Å². The minimum Gasteiger partial charge on any atom is -0.490 e. The SMILES string of the molecule is C[C@H](CO)N1C[C@H](C)[C@@H](CN(C)S(=O)(=O)c2cn(C)cn2)OCCCC[C@H](C)Oc2ccc(NC(=O)Nc3ccccc3)cc2C1=O. The van der Waals surface area contributed by atoms with Crippen LogP contribution in [0.1, 0.15) is 50.4 Å². The number of carbonyl (C=O) groups excluding carboxylic acids is 2. The van der Waals surface area contributed by atoms with E-state index in [2.05, 4.69) is 15.6 Å². The predicted octanol–water partition coefficient (Wildman–Crippen LogP) is 4.18. The zero-order chi connectivity index (χ0) is 34.1. The normalized spacial score (nSPS) is 20.5.